The Balaban J connectivity index is 1.95. The summed E-state index contributed by atoms with van der Waals surface area (Å²) in [6.45, 7) is 1.79. The van der Waals surface area contributed by atoms with Gasteiger partial charge in [0.1, 0.15) is 5.82 Å². The molecule has 0 unspecified atom stereocenters. The van der Waals surface area contributed by atoms with Crippen molar-refractivity contribution in [3.05, 3.63) is 11.9 Å². The van der Waals surface area contributed by atoms with Crippen molar-refractivity contribution in [3.63, 3.8) is 0 Å². The van der Waals surface area contributed by atoms with Gasteiger partial charge in [-0.1, -0.05) is 11.8 Å². The van der Waals surface area contributed by atoms with E-state index in [1.165, 1.54) is 32.0 Å². The molecule has 9 nitrogen and oxygen atoms in total. The number of H-pyrrole nitrogens is 1. The maximum Gasteiger partial charge on any atom is 0.237 e. The average molecular weight is 310 g/mol. The van der Waals surface area contributed by atoms with Crippen LogP contribution in [0, 0.1) is 6.92 Å². The van der Waals surface area contributed by atoms with Gasteiger partial charge in [-0.15, -0.1) is 5.10 Å². The molecule has 0 aromatic carbocycles. The van der Waals surface area contributed by atoms with Crippen LogP contribution in [0.1, 0.15) is 5.82 Å². The second-order valence-electron chi connectivity index (χ2n) is 3.82. The molecule has 0 saturated heterocycles. The average Bonchev–Trinajstić information content (AvgIpc) is 2.90. The first-order valence-electron chi connectivity index (χ1n) is 5.89. The molecule has 0 aliphatic rings. The Labute approximate surface area is 124 Å². The highest BCUT2D eigenvalue weighted by Crippen LogP contribution is 2.18. The molecule has 2 N–H and O–H groups in total. The standard InChI is InChI=1S/C11H14N6O3S/c1-6-12-11(17-16-6)21-5-7(18)13-10-14-8(19-2)4-9(15-10)20-3/h4H,5H2,1-3H3,(H,12,16,17)(H,13,14,15,18). The SMILES string of the molecule is COc1cc(OC)nc(NC(=O)CSc2n[nH]c(C)n2)n1. The van der Waals surface area contributed by atoms with Gasteiger partial charge in [-0.2, -0.15) is 9.97 Å². The number of amides is 1. The number of aromatic amines is 1. The molecular weight excluding hydrogens is 296 g/mol. The molecule has 0 radical (unpaired) electrons. The van der Waals surface area contributed by atoms with Crippen molar-refractivity contribution in [2.75, 3.05) is 25.3 Å². The van der Waals surface area contributed by atoms with Crippen molar-refractivity contribution in [3.8, 4) is 11.8 Å². The number of anilines is 1. The van der Waals surface area contributed by atoms with E-state index in [1.54, 1.807) is 6.92 Å². The van der Waals surface area contributed by atoms with E-state index in [9.17, 15) is 4.79 Å². The normalized spacial score (nSPS) is 10.2. The van der Waals surface area contributed by atoms with Crippen molar-refractivity contribution in [2.24, 2.45) is 0 Å². The van der Waals surface area contributed by atoms with Crippen molar-refractivity contribution >= 4 is 23.6 Å². The number of methoxy groups -OCH3 is 2. The predicted molar refractivity (Wildman–Crippen MR) is 75.6 cm³/mol. The molecule has 0 aliphatic heterocycles. The lowest BCUT2D eigenvalue weighted by Crippen LogP contribution is -2.16. The van der Waals surface area contributed by atoms with Crippen molar-refractivity contribution < 1.29 is 14.3 Å². The Morgan fingerprint density at radius 3 is 2.48 bits per heavy atom. The lowest BCUT2D eigenvalue weighted by atomic mass is 10.6. The monoisotopic (exact) mass is 310 g/mol. The topological polar surface area (TPSA) is 115 Å². The third-order valence-corrected chi connectivity index (χ3v) is 3.10. The second kappa shape index (κ2) is 6.88. The molecule has 0 aliphatic carbocycles. The van der Waals surface area contributed by atoms with Gasteiger partial charge in [0.15, 0.2) is 0 Å². The smallest absolute Gasteiger partial charge is 0.237 e. The van der Waals surface area contributed by atoms with Crippen LogP contribution in [-0.2, 0) is 4.79 Å². The number of thioether (sulfide) groups is 1. The zero-order valence-corrected chi connectivity index (χ0v) is 12.5. The minimum absolute atomic E-state index is 0.114. The highest BCUT2D eigenvalue weighted by atomic mass is 32.2. The van der Waals surface area contributed by atoms with Crippen molar-refractivity contribution in [2.45, 2.75) is 12.1 Å². The van der Waals surface area contributed by atoms with Gasteiger partial charge in [-0.25, -0.2) is 4.98 Å². The fourth-order valence-corrected chi connectivity index (χ4v) is 1.99. The molecule has 2 rings (SSSR count). The molecule has 10 heteroatoms. The molecule has 2 aromatic heterocycles. The van der Waals surface area contributed by atoms with Gasteiger partial charge in [0.2, 0.25) is 28.8 Å². The molecule has 0 spiro atoms. The Hall–Kier alpha value is -2.36. The van der Waals surface area contributed by atoms with E-state index in [0.717, 1.165) is 0 Å². The number of ether oxygens (including phenoxy) is 2. The summed E-state index contributed by atoms with van der Waals surface area (Å²) >= 11 is 1.20. The van der Waals surface area contributed by atoms with Crippen LogP contribution in [0.2, 0.25) is 0 Å². The summed E-state index contributed by atoms with van der Waals surface area (Å²) in [7, 11) is 2.93. The van der Waals surface area contributed by atoms with Crippen molar-refractivity contribution in [1.29, 1.82) is 0 Å². The number of aryl methyl sites for hydroxylation is 1. The highest BCUT2D eigenvalue weighted by Gasteiger charge is 2.10. The summed E-state index contributed by atoms with van der Waals surface area (Å²) in [5, 5.41) is 9.69. The van der Waals surface area contributed by atoms with E-state index in [2.05, 4.69) is 30.5 Å². The number of aromatic nitrogens is 5. The summed E-state index contributed by atoms with van der Waals surface area (Å²) in [5.41, 5.74) is 0. The van der Waals surface area contributed by atoms with Crippen LogP contribution in [0.25, 0.3) is 0 Å². The molecule has 0 bridgehead atoms. The molecule has 0 saturated carbocycles. The number of carbonyl (C=O) groups excluding carboxylic acids is 1. The Morgan fingerprint density at radius 2 is 1.95 bits per heavy atom. The van der Waals surface area contributed by atoms with E-state index < -0.39 is 0 Å². The predicted octanol–water partition coefficient (Wildman–Crippen LogP) is 0.651. The number of hydrogen-bond donors (Lipinski definition) is 2. The lowest BCUT2D eigenvalue weighted by molar-refractivity contribution is -0.113. The van der Waals surface area contributed by atoms with Crippen LogP contribution in [0.4, 0.5) is 5.95 Å². The van der Waals surface area contributed by atoms with Crippen LogP contribution in [0.3, 0.4) is 0 Å². The van der Waals surface area contributed by atoms with Gasteiger partial charge in [-0.3, -0.25) is 15.2 Å². The summed E-state index contributed by atoms with van der Waals surface area (Å²) in [6, 6.07) is 1.51. The van der Waals surface area contributed by atoms with E-state index in [-0.39, 0.29) is 17.6 Å². The van der Waals surface area contributed by atoms with Crippen LogP contribution in [-0.4, -0.2) is 51.0 Å². The molecule has 2 aromatic rings. The Bertz CT molecular complexity index is 610. The lowest BCUT2D eigenvalue weighted by Gasteiger charge is -2.06. The van der Waals surface area contributed by atoms with E-state index in [4.69, 9.17) is 9.47 Å². The van der Waals surface area contributed by atoms with Gasteiger partial charge in [-0.05, 0) is 6.92 Å². The van der Waals surface area contributed by atoms with Gasteiger partial charge in [0, 0.05) is 0 Å². The number of rotatable bonds is 6. The number of nitrogens with zero attached hydrogens (tertiary/aromatic N) is 4. The third kappa shape index (κ3) is 4.31. The molecule has 21 heavy (non-hydrogen) atoms. The maximum absolute atomic E-state index is 11.8. The summed E-state index contributed by atoms with van der Waals surface area (Å²) in [5.74, 6) is 1.27. The van der Waals surface area contributed by atoms with Gasteiger partial charge in [0.05, 0.1) is 26.0 Å². The minimum atomic E-state index is -0.280. The third-order valence-electron chi connectivity index (χ3n) is 2.26. The molecule has 2 heterocycles. The van der Waals surface area contributed by atoms with Crippen LogP contribution in [0.15, 0.2) is 11.2 Å². The minimum Gasteiger partial charge on any atom is -0.481 e. The Kier molecular flexibility index (Phi) is 4.93. The quantitative estimate of drug-likeness (QED) is 0.747. The first-order valence-corrected chi connectivity index (χ1v) is 6.88. The summed E-state index contributed by atoms with van der Waals surface area (Å²) in [4.78, 5) is 23.9. The zero-order valence-electron chi connectivity index (χ0n) is 11.7. The highest BCUT2D eigenvalue weighted by molar-refractivity contribution is 7.99. The zero-order chi connectivity index (χ0) is 15.2. The molecule has 0 fully saturated rings. The fourth-order valence-electron chi connectivity index (χ4n) is 1.35. The van der Waals surface area contributed by atoms with Gasteiger partial charge < -0.3 is 9.47 Å². The number of hydrogen-bond acceptors (Lipinski definition) is 8. The Morgan fingerprint density at radius 1 is 1.29 bits per heavy atom. The van der Waals surface area contributed by atoms with E-state index >= 15 is 0 Å². The number of nitrogens with one attached hydrogen (secondary N) is 2. The van der Waals surface area contributed by atoms with E-state index in [1.807, 2.05) is 0 Å². The molecule has 1 amide bonds. The van der Waals surface area contributed by atoms with Gasteiger partial charge in [0.25, 0.3) is 0 Å². The fraction of sp³-hybridized carbons (Fsp3) is 0.364. The molecule has 0 atom stereocenters. The molecular formula is C11H14N6O3S. The first kappa shape index (κ1) is 15.0. The van der Waals surface area contributed by atoms with Crippen molar-refractivity contribution in [1.82, 2.24) is 25.1 Å². The van der Waals surface area contributed by atoms with Crippen LogP contribution in [0.5, 0.6) is 11.8 Å². The maximum atomic E-state index is 11.8. The van der Waals surface area contributed by atoms with Gasteiger partial charge >= 0.3 is 0 Å². The largest absolute Gasteiger partial charge is 0.481 e. The first-order chi connectivity index (χ1) is 10.1. The number of carbonyl (C=O) groups is 1. The summed E-state index contributed by atoms with van der Waals surface area (Å²) in [6.07, 6.45) is 0. The van der Waals surface area contributed by atoms with Crippen LogP contribution < -0.4 is 14.8 Å². The second-order valence-corrected chi connectivity index (χ2v) is 4.76. The molecule has 112 valence electrons. The van der Waals surface area contributed by atoms with Crippen LogP contribution >= 0.6 is 11.8 Å². The van der Waals surface area contributed by atoms with E-state index in [0.29, 0.717) is 22.7 Å². The summed E-state index contributed by atoms with van der Waals surface area (Å²) < 4.78 is 10.00.